The second-order valence-corrected chi connectivity index (χ2v) is 6.62. The quantitative estimate of drug-likeness (QED) is 0.847. The molecule has 1 aromatic heterocycles. The molecule has 1 aromatic carbocycles. The number of aryl methyl sites for hydroxylation is 1. The van der Waals surface area contributed by atoms with Gasteiger partial charge in [0.15, 0.2) is 0 Å². The Bertz CT molecular complexity index is 819. The van der Waals surface area contributed by atoms with Gasteiger partial charge in [-0.2, -0.15) is 5.10 Å². The third kappa shape index (κ3) is 3.28. The first-order valence-corrected chi connectivity index (χ1v) is 8.66. The van der Waals surface area contributed by atoms with Crippen LogP contribution in [0.5, 0.6) is 0 Å². The predicted octanol–water partition coefficient (Wildman–Crippen LogP) is 1.21. The Balaban J connectivity index is 1.48. The molecule has 8 nitrogen and oxygen atoms in total. The minimum atomic E-state index is -0.201. The highest BCUT2D eigenvalue weighted by atomic mass is 16.5. The number of anilines is 1. The van der Waals surface area contributed by atoms with Crippen LogP contribution in [0.3, 0.4) is 0 Å². The molecule has 2 saturated heterocycles. The van der Waals surface area contributed by atoms with Crippen LogP contribution >= 0.6 is 0 Å². The lowest BCUT2D eigenvalue weighted by Crippen LogP contribution is -2.61. The fourth-order valence-electron chi connectivity index (χ4n) is 3.47. The van der Waals surface area contributed by atoms with E-state index in [2.05, 4.69) is 15.7 Å². The SMILES string of the molecule is Cn1cc(NC(=O)N2CC[C@@H]3OCC(=O)N[C@H]3C2)c(-c2ccccc2)n1. The second kappa shape index (κ2) is 6.80. The summed E-state index contributed by atoms with van der Waals surface area (Å²) in [6.45, 7) is 1.12. The monoisotopic (exact) mass is 355 g/mol. The molecule has 3 heterocycles. The van der Waals surface area contributed by atoms with Crippen molar-refractivity contribution in [1.29, 1.82) is 0 Å². The number of nitrogens with zero attached hydrogens (tertiary/aromatic N) is 3. The van der Waals surface area contributed by atoms with E-state index in [0.29, 0.717) is 25.2 Å². The van der Waals surface area contributed by atoms with E-state index in [9.17, 15) is 9.59 Å². The number of hydrogen-bond donors (Lipinski definition) is 2. The van der Waals surface area contributed by atoms with Gasteiger partial charge in [0.25, 0.3) is 0 Å². The number of carbonyl (C=O) groups is 2. The first-order chi connectivity index (χ1) is 12.6. The summed E-state index contributed by atoms with van der Waals surface area (Å²) >= 11 is 0. The normalized spacial score (nSPS) is 22.5. The third-order valence-electron chi connectivity index (χ3n) is 4.73. The second-order valence-electron chi connectivity index (χ2n) is 6.62. The van der Waals surface area contributed by atoms with Crippen molar-refractivity contribution >= 4 is 17.6 Å². The Morgan fingerprint density at radius 2 is 2.15 bits per heavy atom. The standard InChI is InChI=1S/C18H21N5O3/c1-22-9-14(17(21-22)12-5-3-2-4-6-12)20-18(25)23-8-7-15-13(10-23)19-16(24)11-26-15/h2-6,9,13,15H,7-8,10-11H2,1H3,(H,19,24)(H,20,25)/t13-,15-/m0/s1. The molecular formula is C18H21N5O3. The van der Waals surface area contributed by atoms with Crippen LogP contribution in [0.2, 0.25) is 0 Å². The van der Waals surface area contributed by atoms with Gasteiger partial charge in [0.1, 0.15) is 12.3 Å². The lowest BCUT2D eigenvalue weighted by atomic mass is 10.0. The van der Waals surface area contributed by atoms with Crippen LogP contribution in [0, 0.1) is 0 Å². The number of aromatic nitrogens is 2. The Hall–Kier alpha value is -2.87. The number of hydrogen-bond acceptors (Lipinski definition) is 4. The lowest BCUT2D eigenvalue weighted by molar-refractivity contribution is -0.139. The van der Waals surface area contributed by atoms with E-state index in [0.717, 1.165) is 11.3 Å². The summed E-state index contributed by atoms with van der Waals surface area (Å²) < 4.78 is 7.22. The van der Waals surface area contributed by atoms with Gasteiger partial charge in [0, 0.05) is 31.9 Å². The number of ether oxygens (including phenoxy) is 1. The molecule has 2 N–H and O–H groups in total. The van der Waals surface area contributed by atoms with Crippen LogP contribution in [-0.2, 0) is 16.6 Å². The highest BCUT2D eigenvalue weighted by Crippen LogP contribution is 2.27. The molecule has 2 atom stereocenters. The summed E-state index contributed by atoms with van der Waals surface area (Å²) in [5, 5.41) is 10.3. The molecule has 0 saturated carbocycles. The summed E-state index contributed by atoms with van der Waals surface area (Å²) in [6, 6.07) is 9.37. The number of amides is 3. The molecular weight excluding hydrogens is 334 g/mol. The fourth-order valence-corrected chi connectivity index (χ4v) is 3.47. The number of likely N-dealkylation sites (tertiary alicyclic amines) is 1. The number of nitrogens with one attached hydrogen (secondary N) is 2. The van der Waals surface area contributed by atoms with Gasteiger partial charge >= 0.3 is 6.03 Å². The molecule has 2 aliphatic rings. The van der Waals surface area contributed by atoms with E-state index in [1.54, 1.807) is 15.8 Å². The topological polar surface area (TPSA) is 88.5 Å². The van der Waals surface area contributed by atoms with Crippen molar-refractivity contribution in [3.8, 4) is 11.3 Å². The zero-order valence-electron chi connectivity index (χ0n) is 14.5. The zero-order chi connectivity index (χ0) is 18.1. The van der Waals surface area contributed by atoms with Crippen molar-refractivity contribution in [3.63, 3.8) is 0 Å². The fraction of sp³-hybridized carbons (Fsp3) is 0.389. The highest BCUT2D eigenvalue weighted by molar-refractivity contribution is 5.93. The molecule has 0 bridgehead atoms. The summed E-state index contributed by atoms with van der Waals surface area (Å²) in [6.07, 6.45) is 2.48. The lowest BCUT2D eigenvalue weighted by Gasteiger charge is -2.40. The molecule has 3 amide bonds. The largest absolute Gasteiger partial charge is 0.366 e. The average molecular weight is 355 g/mol. The van der Waals surface area contributed by atoms with E-state index in [4.69, 9.17) is 4.74 Å². The van der Waals surface area contributed by atoms with Crippen molar-refractivity contribution in [2.24, 2.45) is 7.05 Å². The molecule has 0 radical (unpaired) electrons. The molecule has 4 rings (SSSR count). The summed E-state index contributed by atoms with van der Waals surface area (Å²) in [4.78, 5) is 26.0. The smallest absolute Gasteiger partial charge is 0.322 e. The van der Waals surface area contributed by atoms with Gasteiger partial charge in [0.05, 0.1) is 17.8 Å². The van der Waals surface area contributed by atoms with Crippen LogP contribution in [0.1, 0.15) is 6.42 Å². The van der Waals surface area contributed by atoms with Gasteiger partial charge in [-0.15, -0.1) is 0 Å². The average Bonchev–Trinajstić information content (AvgIpc) is 3.02. The number of carbonyl (C=O) groups excluding carboxylic acids is 2. The molecule has 2 fully saturated rings. The Kier molecular flexibility index (Phi) is 4.34. The van der Waals surface area contributed by atoms with Gasteiger partial charge in [-0.3, -0.25) is 9.48 Å². The molecule has 2 aliphatic heterocycles. The maximum absolute atomic E-state index is 12.7. The molecule has 2 aromatic rings. The molecule has 136 valence electrons. The molecule has 0 spiro atoms. The molecule has 8 heteroatoms. The highest BCUT2D eigenvalue weighted by Gasteiger charge is 2.36. The van der Waals surface area contributed by atoms with Gasteiger partial charge < -0.3 is 20.3 Å². The maximum atomic E-state index is 12.7. The van der Waals surface area contributed by atoms with E-state index in [1.807, 2.05) is 37.4 Å². The van der Waals surface area contributed by atoms with Crippen molar-refractivity contribution in [2.45, 2.75) is 18.6 Å². The van der Waals surface area contributed by atoms with E-state index < -0.39 is 0 Å². The van der Waals surface area contributed by atoms with E-state index in [-0.39, 0.29) is 30.7 Å². The van der Waals surface area contributed by atoms with Crippen molar-refractivity contribution in [1.82, 2.24) is 20.0 Å². The number of piperidine rings is 1. The summed E-state index contributed by atoms with van der Waals surface area (Å²) in [5.41, 5.74) is 2.33. The summed E-state index contributed by atoms with van der Waals surface area (Å²) in [5.74, 6) is -0.132. The third-order valence-corrected chi connectivity index (χ3v) is 4.73. The number of rotatable bonds is 2. The van der Waals surface area contributed by atoms with Crippen molar-refractivity contribution in [3.05, 3.63) is 36.5 Å². The molecule has 0 aliphatic carbocycles. The Labute approximate surface area is 151 Å². The predicted molar refractivity (Wildman–Crippen MR) is 95.5 cm³/mol. The van der Waals surface area contributed by atoms with E-state index in [1.165, 1.54) is 0 Å². The first-order valence-electron chi connectivity index (χ1n) is 8.66. The van der Waals surface area contributed by atoms with Gasteiger partial charge in [-0.05, 0) is 6.42 Å². The number of benzene rings is 1. The molecule has 0 unspecified atom stereocenters. The minimum Gasteiger partial charge on any atom is -0.366 e. The Morgan fingerprint density at radius 3 is 2.96 bits per heavy atom. The zero-order valence-corrected chi connectivity index (χ0v) is 14.5. The number of morpholine rings is 1. The van der Waals surface area contributed by atoms with Crippen LogP contribution < -0.4 is 10.6 Å². The van der Waals surface area contributed by atoms with Gasteiger partial charge in [-0.25, -0.2) is 4.79 Å². The maximum Gasteiger partial charge on any atom is 0.322 e. The van der Waals surface area contributed by atoms with Crippen molar-refractivity contribution in [2.75, 3.05) is 25.0 Å². The van der Waals surface area contributed by atoms with Crippen molar-refractivity contribution < 1.29 is 14.3 Å². The first kappa shape index (κ1) is 16.6. The molecule has 26 heavy (non-hydrogen) atoms. The van der Waals surface area contributed by atoms with Gasteiger partial charge in [-0.1, -0.05) is 30.3 Å². The summed E-state index contributed by atoms with van der Waals surface area (Å²) in [7, 11) is 1.82. The van der Waals surface area contributed by atoms with Crippen LogP contribution in [0.15, 0.2) is 36.5 Å². The Morgan fingerprint density at radius 1 is 1.35 bits per heavy atom. The number of fused-ring (bicyclic) bond motifs is 1. The minimum absolute atomic E-state index is 0.0185. The number of urea groups is 1. The van der Waals surface area contributed by atoms with Crippen LogP contribution in [0.25, 0.3) is 11.3 Å². The van der Waals surface area contributed by atoms with Gasteiger partial charge in [0.2, 0.25) is 5.91 Å². The van der Waals surface area contributed by atoms with Crippen LogP contribution in [0.4, 0.5) is 10.5 Å². The van der Waals surface area contributed by atoms with E-state index >= 15 is 0 Å². The van der Waals surface area contributed by atoms with Crippen LogP contribution in [-0.4, -0.2) is 58.5 Å².